The van der Waals surface area contributed by atoms with Crippen LogP contribution in [0.1, 0.15) is 26.7 Å². The molecule has 0 bridgehead atoms. The van der Waals surface area contributed by atoms with Gasteiger partial charge in [0.1, 0.15) is 0 Å². The van der Waals surface area contributed by atoms with Crippen molar-refractivity contribution >= 4 is 39.3 Å². The number of rotatable bonds is 7. The number of pyridine rings is 1. The summed E-state index contributed by atoms with van der Waals surface area (Å²) in [6.07, 6.45) is 8.92. The lowest BCUT2D eigenvalue weighted by molar-refractivity contribution is 0.997. The van der Waals surface area contributed by atoms with Gasteiger partial charge in [-0.25, -0.2) is 4.98 Å². The molecule has 5 aromatic carbocycles. The first-order chi connectivity index (χ1) is 21.8. The number of benzene rings is 5. The number of allylic oxidation sites excluding steroid dienone is 3. The summed E-state index contributed by atoms with van der Waals surface area (Å²) in [7, 11) is 0. The van der Waals surface area contributed by atoms with Crippen molar-refractivity contribution in [3.8, 4) is 11.3 Å². The molecule has 0 saturated carbocycles. The number of nitrogens with zero attached hydrogens (tertiary/aromatic N) is 3. The van der Waals surface area contributed by atoms with Crippen LogP contribution < -0.4 is 9.80 Å². The molecule has 0 saturated heterocycles. The molecule has 1 heterocycles. The van der Waals surface area contributed by atoms with Crippen LogP contribution in [-0.2, 0) is 0 Å². The lowest BCUT2D eigenvalue weighted by Gasteiger charge is -2.31. The molecule has 0 amide bonds. The van der Waals surface area contributed by atoms with Crippen LogP contribution in [0.5, 0.6) is 0 Å². The molecule has 7 rings (SSSR count). The van der Waals surface area contributed by atoms with Crippen LogP contribution in [0.25, 0.3) is 22.2 Å². The fraction of sp³-hybridized carbons (Fsp3) is 0.0976. The zero-order valence-electron chi connectivity index (χ0n) is 25.3. The third-order valence-corrected chi connectivity index (χ3v) is 7.59. The predicted molar refractivity (Wildman–Crippen MR) is 188 cm³/mol. The molecule has 3 heteroatoms. The maximum absolute atomic E-state index is 5.11. The Morgan fingerprint density at radius 2 is 1.05 bits per heavy atom. The van der Waals surface area contributed by atoms with Gasteiger partial charge < -0.3 is 9.80 Å². The Morgan fingerprint density at radius 1 is 0.500 bits per heavy atom. The molecule has 0 fully saturated rings. The van der Waals surface area contributed by atoms with Crippen LogP contribution in [0.3, 0.4) is 0 Å². The highest BCUT2D eigenvalue weighted by Crippen LogP contribution is 2.42. The number of anilines is 5. The van der Waals surface area contributed by atoms with Crippen molar-refractivity contribution in [1.82, 2.24) is 4.98 Å². The molecule has 44 heavy (non-hydrogen) atoms. The van der Waals surface area contributed by atoms with Crippen LogP contribution >= 0.6 is 0 Å². The van der Waals surface area contributed by atoms with Gasteiger partial charge >= 0.3 is 0 Å². The van der Waals surface area contributed by atoms with Crippen LogP contribution in [0, 0.1) is 0 Å². The molecule has 0 aliphatic heterocycles. The van der Waals surface area contributed by atoms with E-state index >= 15 is 0 Å². The van der Waals surface area contributed by atoms with Crippen LogP contribution in [0.2, 0.25) is 0 Å². The standard InChI is InChI=1S/C39H31N3.C2H6/c1-5-16-32(17-6-1)41(33-18-7-2-8-19-33)36-27-31(39-26-25-30-15-13-14-24-38(30)40-39)28-37(29-36)42(34-20-9-3-10-21-34)35-22-11-4-12-23-35;1-2/h1-3,5-11,13-29H,4,12H2;1-2H3. The average molecular weight is 572 g/mol. The summed E-state index contributed by atoms with van der Waals surface area (Å²) in [5.41, 5.74) is 9.63. The van der Waals surface area contributed by atoms with E-state index in [1.54, 1.807) is 0 Å². The number of para-hydroxylation sites is 4. The largest absolute Gasteiger partial charge is 0.311 e. The Labute approximate surface area is 261 Å². The Bertz CT molecular complexity index is 1840. The van der Waals surface area contributed by atoms with Crippen molar-refractivity contribution in [3.05, 3.63) is 170 Å². The molecule has 1 aromatic heterocycles. The van der Waals surface area contributed by atoms with Crippen LogP contribution in [-0.4, -0.2) is 4.98 Å². The minimum Gasteiger partial charge on any atom is -0.311 e. The summed E-state index contributed by atoms with van der Waals surface area (Å²) in [4.78, 5) is 9.79. The molecule has 3 nitrogen and oxygen atoms in total. The summed E-state index contributed by atoms with van der Waals surface area (Å²) in [5, 5.41) is 1.14. The average Bonchev–Trinajstić information content (AvgIpc) is 3.11. The lowest BCUT2D eigenvalue weighted by Crippen LogP contribution is -2.17. The van der Waals surface area contributed by atoms with E-state index in [2.05, 4.69) is 168 Å². The molecule has 6 aromatic rings. The highest BCUT2D eigenvalue weighted by atomic mass is 15.2. The first-order valence-electron chi connectivity index (χ1n) is 15.5. The monoisotopic (exact) mass is 571 g/mol. The Morgan fingerprint density at radius 3 is 1.64 bits per heavy atom. The van der Waals surface area contributed by atoms with Gasteiger partial charge in [-0.1, -0.05) is 105 Å². The fourth-order valence-electron chi connectivity index (χ4n) is 5.62. The van der Waals surface area contributed by atoms with Gasteiger partial charge in [0.25, 0.3) is 0 Å². The molecule has 1 aliphatic rings. The highest BCUT2D eigenvalue weighted by molar-refractivity contribution is 5.87. The highest BCUT2D eigenvalue weighted by Gasteiger charge is 2.20. The van der Waals surface area contributed by atoms with Gasteiger partial charge in [-0.3, -0.25) is 0 Å². The molecule has 0 N–H and O–H groups in total. The maximum Gasteiger partial charge on any atom is 0.0711 e. The van der Waals surface area contributed by atoms with Gasteiger partial charge in [0.2, 0.25) is 0 Å². The quantitative estimate of drug-likeness (QED) is 0.190. The fourth-order valence-corrected chi connectivity index (χ4v) is 5.62. The van der Waals surface area contributed by atoms with E-state index in [-0.39, 0.29) is 0 Å². The van der Waals surface area contributed by atoms with E-state index in [1.165, 1.54) is 5.70 Å². The van der Waals surface area contributed by atoms with Gasteiger partial charge in [0.15, 0.2) is 0 Å². The first kappa shape index (κ1) is 28.7. The second-order valence-electron chi connectivity index (χ2n) is 10.4. The zero-order chi connectivity index (χ0) is 30.1. The molecule has 0 atom stereocenters. The molecule has 0 radical (unpaired) electrons. The normalized spacial score (nSPS) is 12.2. The van der Waals surface area contributed by atoms with E-state index in [0.717, 1.165) is 63.4 Å². The van der Waals surface area contributed by atoms with E-state index in [9.17, 15) is 0 Å². The second kappa shape index (κ2) is 13.7. The van der Waals surface area contributed by atoms with Gasteiger partial charge in [0, 0.05) is 45.1 Å². The van der Waals surface area contributed by atoms with Gasteiger partial charge in [-0.15, -0.1) is 0 Å². The second-order valence-corrected chi connectivity index (χ2v) is 10.4. The molecular formula is C41H37N3. The predicted octanol–water partition coefficient (Wildman–Crippen LogP) is 11.8. The molecule has 216 valence electrons. The van der Waals surface area contributed by atoms with Crippen molar-refractivity contribution in [2.24, 2.45) is 0 Å². The summed E-state index contributed by atoms with van der Waals surface area (Å²) >= 11 is 0. The third kappa shape index (κ3) is 6.18. The van der Waals surface area contributed by atoms with Crippen LogP contribution in [0.15, 0.2) is 170 Å². The summed E-state index contributed by atoms with van der Waals surface area (Å²) in [5.74, 6) is 0. The van der Waals surface area contributed by atoms with Crippen LogP contribution in [0.4, 0.5) is 28.4 Å². The molecule has 0 unspecified atom stereocenters. The van der Waals surface area contributed by atoms with Crippen molar-refractivity contribution in [2.75, 3.05) is 9.80 Å². The third-order valence-electron chi connectivity index (χ3n) is 7.59. The van der Waals surface area contributed by atoms with Gasteiger partial charge in [-0.2, -0.15) is 0 Å². The minimum absolute atomic E-state index is 0.944. The molecule has 1 aliphatic carbocycles. The minimum atomic E-state index is 0.944. The van der Waals surface area contributed by atoms with Crippen molar-refractivity contribution in [3.63, 3.8) is 0 Å². The molecule has 0 spiro atoms. The van der Waals surface area contributed by atoms with E-state index in [1.807, 2.05) is 19.9 Å². The van der Waals surface area contributed by atoms with Crippen molar-refractivity contribution in [1.29, 1.82) is 0 Å². The van der Waals surface area contributed by atoms with E-state index in [4.69, 9.17) is 4.98 Å². The first-order valence-corrected chi connectivity index (χ1v) is 15.5. The zero-order valence-corrected chi connectivity index (χ0v) is 25.3. The summed E-state index contributed by atoms with van der Waals surface area (Å²) < 4.78 is 0. The van der Waals surface area contributed by atoms with Crippen molar-refractivity contribution < 1.29 is 0 Å². The van der Waals surface area contributed by atoms with E-state index < -0.39 is 0 Å². The Hall–Kier alpha value is -5.41. The number of hydrogen-bond acceptors (Lipinski definition) is 3. The number of fused-ring (bicyclic) bond motifs is 1. The number of aromatic nitrogens is 1. The van der Waals surface area contributed by atoms with Gasteiger partial charge in [0.05, 0.1) is 11.2 Å². The molecular weight excluding hydrogens is 534 g/mol. The van der Waals surface area contributed by atoms with E-state index in [0.29, 0.717) is 0 Å². The Kier molecular flexibility index (Phi) is 8.94. The lowest BCUT2D eigenvalue weighted by atomic mass is 10.0. The topological polar surface area (TPSA) is 19.4 Å². The summed E-state index contributed by atoms with van der Waals surface area (Å²) in [6, 6.07) is 51.2. The smallest absolute Gasteiger partial charge is 0.0711 e. The Balaban J connectivity index is 0.00000168. The maximum atomic E-state index is 5.11. The SMILES string of the molecule is C1=CC(N(c2ccccc2)c2cc(-c3ccc4ccccc4n3)cc(N(c3ccccc3)c3ccccc3)c2)=CCC1.CC. The van der Waals surface area contributed by atoms with Crippen molar-refractivity contribution in [2.45, 2.75) is 26.7 Å². The summed E-state index contributed by atoms with van der Waals surface area (Å²) in [6.45, 7) is 4.00. The van der Waals surface area contributed by atoms with Gasteiger partial charge in [-0.05, 0) is 85.6 Å². The number of hydrogen-bond donors (Lipinski definition) is 0.